The smallest absolute Gasteiger partial charge is 0.290 e. The van der Waals surface area contributed by atoms with Crippen LogP contribution < -0.4 is 0 Å². The molecule has 0 spiro atoms. The summed E-state index contributed by atoms with van der Waals surface area (Å²) in [6.07, 6.45) is 7.61. The molecule has 3 nitrogen and oxygen atoms in total. The summed E-state index contributed by atoms with van der Waals surface area (Å²) in [6, 6.07) is 0.281. The minimum atomic E-state index is -0.264. The monoisotopic (exact) mass is 179 g/mol. The molecule has 1 fully saturated rings. The van der Waals surface area contributed by atoms with Crippen LogP contribution in [0.25, 0.3) is 0 Å². The molecule has 1 atom stereocenters. The van der Waals surface area contributed by atoms with Crippen molar-refractivity contribution in [2.75, 3.05) is 6.54 Å². The first-order valence-electron chi connectivity index (χ1n) is 4.78. The maximum atomic E-state index is 11.4. The summed E-state index contributed by atoms with van der Waals surface area (Å²) in [7, 11) is 0. The molecular weight excluding hydrogens is 166 g/mol. The molecule has 1 aliphatic carbocycles. The van der Waals surface area contributed by atoms with Crippen LogP contribution in [0.2, 0.25) is 0 Å². The lowest BCUT2D eigenvalue weighted by Gasteiger charge is -2.27. The Morgan fingerprint density at radius 1 is 1.31 bits per heavy atom. The number of hydrogen-bond donors (Lipinski definition) is 0. The van der Waals surface area contributed by atoms with E-state index < -0.39 is 0 Å². The number of allylic oxidation sites excluding steroid dienone is 1. The van der Waals surface area contributed by atoms with Gasteiger partial charge in [-0.1, -0.05) is 12.2 Å². The molecule has 1 aliphatic heterocycles. The summed E-state index contributed by atoms with van der Waals surface area (Å²) >= 11 is 0. The Balaban J connectivity index is 2.05. The second-order valence-corrected chi connectivity index (χ2v) is 3.61. The lowest BCUT2D eigenvalue weighted by molar-refractivity contribution is -0.141. The second-order valence-electron chi connectivity index (χ2n) is 3.61. The van der Waals surface area contributed by atoms with Gasteiger partial charge in [0.15, 0.2) is 0 Å². The molecule has 1 unspecified atom stereocenters. The molecule has 2 aliphatic rings. The van der Waals surface area contributed by atoms with Crippen LogP contribution in [-0.2, 0) is 9.59 Å². The van der Waals surface area contributed by atoms with Gasteiger partial charge in [0, 0.05) is 19.0 Å². The van der Waals surface area contributed by atoms with Crippen LogP contribution in [0.1, 0.15) is 25.7 Å². The maximum Gasteiger partial charge on any atom is 0.290 e. The number of likely N-dealkylation sites (tertiary alicyclic amines) is 1. The molecule has 0 saturated carbocycles. The fourth-order valence-corrected chi connectivity index (χ4v) is 2.00. The van der Waals surface area contributed by atoms with E-state index in [1.54, 1.807) is 4.90 Å². The number of rotatable bonds is 1. The van der Waals surface area contributed by atoms with Gasteiger partial charge in [-0.05, 0) is 19.3 Å². The van der Waals surface area contributed by atoms with Crippen molar-refractivity contribution < 1.29 is 9.59 Å². The highest BCUT2D eigenvalue weighted by atomic mass is 16.2. The van der Waals surface area contributed by atoms with E-state index in [0.717, 1.165) is 19.3 Å². The normalized spacial score (nSPS) is 28.6. The molecule has 0 radical (unpaired) electrons. The van der Waals surface area contributed by atoms with Crippen molar-refractivity contribution in [3.63, 3.8) is 0 Å². The van der Waals surface area contributed by atoms with E-state index in [-0.39, 0.29) is 17.7 Å². The third-order valence-corrected chi connectivity index (χ3v) is 2.76. The van der Waals surface area contributed by atoms with E-state index in [9.17, 15) is 9.59 Å². The van der Waals surface area contributed by atoms with Crippen molar-refractivity contribution in [1.29, 1.82) is 0 Å². The Labute approximate surface area is 77.4 Å². The van der Waals surface area contributed by atoms with Gasteiger partial charge in [-0.15, -0.1) is 0 Å². The lowest BCUT2D eigenvalue weighted by Crippen LogP contribution is -2.38. The van der Waals surface area contributed by atoms with Crippen LogP contribution in [0.15, 0.2) is 12.2 Å². The van der Waals surface area contributed by atoms with Gasteiger partial charge >= 0.3 is 0 Å². The number of Topliss-reactive ketones (excluding diaryl/α,β-unsaturated/α-hetero) is 1. The highest BCUT2D eigenvalue weighted by Crippen LogP contribution is 2.21. The molecule has 13 heavy (non-hydrogen) atoms. The van der Waals surface area contributed by atoms with Gasteiger partial charge in [-0.25, -0.2) is 0 Å². The highest BCUT2D eigenvalue weighted by molar-refractivity contribution is 6.37. The van der Waals surface area contributed by atoms with Gasteiger partial charge in [0.2, 0.25) is 5.78 Å². The topological polar surface area (TPSA) is 37.4 Å². The highest BCUT2D eigenvalue weighted by Gasteiger charge is 2.33. The Morgan fingerprint density at radius 2 is 2.15 bits per heavy atom. The predicted octanol–water partition coefficient (Wildman–Crippen LogP) is 0.897. The Bertz CT molecular complexity index is 270. The van der Waals surface area contributed by atoms with Crippen LogP contribution in [0, 0.1) is 0 Å². The zero-order chi connectivity index (χ0) is 9.26. The first-order chi connectivity index (χ1) is 6.29. The predicted molar refractivity (Wildman–Crippen MR) is 48.1 cm³/mol. The van der Waals surface area contributed by atoms with E-state index in [1.165, 1.54) is 0 Å². The molecular formula is C10H13NO2. The van der Waals surface area contributed by atoms with E-state index in [0.29, 0.717) is 13.0 Å². The molecule has 1 amide bonds. The molecule has 1 heterocycles. The minimum Gasteiger partial charge on any atom is -0.332 e. The summed E-state index contributed by atoms with van der Waals surface area (Å²) in [6.45, 7) is 0.635. The zero-order valence-electron chi connectivity index (χ0n) is 7.53. The number of carbonyl (C=O) groups excluding carboxylic acids is 2. The zero-order valence-corrected chi connectivity index (χ0v) is 7.53. The number of carbonyl (C=O) groups is 2. The van der Waals surface area contributed by atoms with Crippen LogP contribution in [0.3, 0.4) is 0 Å². The van der Waals surface area contributed by atoms with Crippen molar-refractivity contribution in [3.05, 3.63) is 12.2 Å². The molecule has 0 bridgehead atoms. The van der Waals surface area contributed by atoms with Crippen molar-refractivity contribution in [2.24, 2.45) is 0 Å². The summed E-state index contributed by atoms with van der Waals surface area (Å²) < 4.78 is 0. The van der Waals surface area contributed by atoms with Crippen molar-refractivity contribution >= 4 is 11.7 Å². The lowest BCUT2D eigenvalue weighted by atomic mass is 10.0. The number of nitrogens with zero attached hydrogens (tertiary/aromatic N) is 1. The third-order valence-electron chi connectivity index (χ3n) is 2.76. The van der Waals surface area contributed by atoms with E-state index in [4.69, 9.17) is 0 Å². The first-order valence-corrected chi connectivity index (χ1v) is 4.78. The van der Waals surface area contributed by atoms with Crippen molar-refractivity contribution in [1.82, 2.24) is 4.90 Å². The summed E-state index contributed by atoms with van der Waals surface area (Å²) in [5, 5.41) is 0. The largest absolute Gasteiger partial charge is 0.332 e. The average Bonchev–Trinajstić information content (AvgIpc) is 2.49. The van der Waals surface area contributed by atoms with Crippen LogP contribution in [-0.4, -0.2) is 29.2 Å². The van der Waals surface area contributed by atoms with E-state index in [1.807, 2.05) is 0 Å². The van der Waals surface area contributed by atoms with Crippen LogP contribution in [0.5, 0.6) is 0 Å². The summed E-state index contributed by atoms with van der Waals surface area (Å²) in [5.74, 6) is -0.477. The number of hydrogen-bond acceptors (Lipinski definition) is 2. The van der Waals surface area contributed by atoms with Crippen LogP contribution >= 0.6 is 0 Å². The second kappa shape index (κ2) is 3.32. The molecule has 70 valence electrons. The molecule has 2 rings (SSSR count). The average molecular weight is 179 g/mol. The van der Waals surface area contributed by atoms with Crippen molar-refractivity contribution in [3.8, 4) is 0 Å². The molecule has 0 N–H and O–H groups in total. The molecule has 0 aromatic carbocycles. The maximum absolute atomic E-state index is 11.4. The first kappa shape index (κ1) is 8.48. The van der Waals surface area contributed by atoms with Gasteiger partial charge in [-0.2, -0.15) is 0 Å². The third kappa shape index (κ3) is 1.50. The Hall–Kier alpha value is -1.12. The van der Waals surface area contributed by atoms with Gasteiger partial charge in [-0.3, -0.25) is 9.59 Å². The SMILES string of the molecule is O=C1CCN(C2CC=CCC2)C1=O. The standard InChI is InChI=1S/C10H13NO2/c12-9-6-7-11(10(9)13)8-4-2-1-3-5-8/h1-2,8H,3-7H2. The van der Waals surface area contributed by atoms with E-state index >= 15 is 0 Å². The minimum absolute atomic E-state index is 0.213. The van der Waals surface area contributed by atoms with Crippen molar-refractivity contribution in [2.45, 2.75) is 31.7 Å². The van der Waals surface area contributed by atoms with Gasteiger partial charge in [0.05, 0.1) is 0 Å². The van der Waals surface area contributed by atoms with E-state index in [2.05, 4.69) is 12.2 Å². The van der Waals surface area contributed by atoms with Gasteiger partial charge in [0.1, 0.15) is 0 Å². The molecule has 0 aromatic heterocycles. The number of ketones is 1. The summed E-state index contributed by atoms with van der Waals surface area (Å²) in [5.41, 5.74) is 0. The Morgan fingerprint density at radius 3 is 2.69 bits per heavy atom. The quantitative estimate of drug-likeness (QED) is 0.443. The fraction of sp³-hybridized carbons (Fsp3) is 0.600. The van der Waals surface area contributed by atoms with Gasteiger partial charge < -0.3 is 4.90 Å². The molecule has 0 aromatic rings. The van der Waals surface area contributed by atoms with Crippen LogP contribution in [0.4, 0.5) is 0 Å². The number of amides is 1. The van der Waals surface area contributed by atoms with Gasteiger partial charge in [0.25, 0.3) is 5.91 Å². The fourth-order valence-electron chi connectivity index (χ4n) is 2.00. The Kier molecular flexibility index (Phi) is 2.17. The molecule has 1 saturated heterocycles. The summed E-state index contributed by atoms with van der Waals surface area (Å²) in [4.78, 5) is 24.1. The molecule has 3 heteroatoms.